The number of hydrogen-bond donors (Lipinski definition) is 0. The molecule has 0 unspecified atom stereocenters. The molecule has 3 aromatic carbocycles. The van der Waals surface area contributed by atoms with Crippen LogP contribution in [0.25, 0.3) is 39.2 Å². The minimum absolute atomic E-state index is 0.383. The quantitative estimate of drug-likeness (QED) is 0.368. The van der Waals surface area contributed by atoms with E-state index in [1.807, 2.05) is 53.1 Å². The first-order valence-electron chi connectivity index (χ1n) is 9.93. The van der Waals surface area contributed by atoms with Crippen LogP contribution >= 0.6 is 0 Å². The Morgan fingerprint density at radius 1 is 0.806 bits per heavy atom. The minimum Gasteiger partial charge on any atom is -0.465 e. The maximum Gasteiger partial charge on any atom is 0.337 e. The Kier molecular flexibility index (Phi) is 4.77. The van der Waals surface area contributed by atoms with Gasteiger partial charge in [-0.25, -0.2) is 14.8 Å². The number of esters is 1. The smallest absolute Gasteiger partial charge is 0.337 e. The summed E-state index contributed by atoms with van der Waals surface area (Å²) in [6, 6.07) is 27.8. The van der Waals surface area contributed by atoms with Gasteiger partial charge in [-0.05, 0) is 29.3 Å². The van der Waals surface area contributed by atoms with Crippen molar-refractivity contribution in [3.8, 4) is 28.3 Å². The molecular formula is C26H19N3O2. The predicted molar refractivity (Wildman–Crippen MR) is 121 cm³/mol. The zero-order chi connectivity index (χ0) is 21.2. The summed E-state index contributed by atoms with van der Waals surface area (Å²) in [5.41, 5.74) is 5.45. The van der Waals surface area contributed by atoms with Crippen LogP contribution in [-0.2, 0) is 4.74 Å². The van der Waals surface area contributed by atoms with Crippen molar-refractivity contribution in [1.82, 2.24) is 14.5 Å². The normalized spacial score (nSPS) is 10.9. The van der Waals surface area contributed by atoms with E-state index in [1.165, 1.54) is 7.11 Å². The Balaban J connectivity index is 1.96. The van der Waals surface area contributed by atoms with Gasteiger partial charge in [-0.2, -0.15) is 0 Å². The summed E-state index contributed by atoms with van der Waals surface area (Å²) in [4.78, 5) is 21.3. The molecule has 0 spiro atoms. The van der Waals surface area contributed by atoms with E-state index < -0.39 is 0 Å². The van der Waals surface area contributed by atoms with Gasteiger partial charge in [0.25, 0.3) is 0 Å². The number of methoxy groups -OCH3 is 1. The number of nitrogens with zero attached hydrogens (tertiary/aromatic N) is 3. The Morgan fingerprint density at radius 3 is 2.10 bits per heavy atom. The van der Waals surface area contributed by atoms with Gasteiger partial charge in [0, 0.05) is 23.3 Å². The van der Waals surface area contributed by atoms with Gasteiger partial charge in [0.1, 0.15) is 0 Å². The lowest BCUT2D eigenvalue weighted by molar-refractivity contribution is 0.0601. The molecule has 0 amide bonds. The van der Waals surface area contributed by atoms with Crippen LogP contribution in [0.4, 0.5) is 0 Å². The molecule has 2 aromatic heterocycles. The molecule has 0 bridgehead atoms. The zero-order valence-corrected chi connectivity index (χ0v) is 16.9. The number of benzene rings is 3. The Hall–Kier alpha value is -4.25. The largest absolute Gasteiger partial charge is 0.465 e. The third-order valence-electron chi connectivity index (χ3n) is 5.25. The lowest BCUT2D eigenvalue weighted by Gasteiger charge is -2.11. The average Bonchev–Trinajstić information content (AvgIpc) is 3.19. The van der Waals surface area contributed by atoms with E-state index in [4.69, 9.17) is 4.74 Å². The van der Waals surface area contributed by atoms with Crippen LogP contribution in [0, 0.1) is 0 Å². The zero-order valence-electron chi connectivity index (χ0n) is 16.9. The van der Waals surface area contributed by atoms with Crippen molar-refractivity contribution in [2.75, 3.05) is 7.11 Å². The molecule has 0 N–H and O–H groups in total. The second-order valence-corrected chi connectivity index (χ2v) is 7.06. The number of aromatic nitrogens is 3. The van der Waals surface area contributed by atoms with E-state index >= 15 is 0 Å². The van der Waals surface area contributed by atoms with E-state index in [1.54, 1.807) is 24.5 Å². The van der Waals surface area contributed by atoms with Crippen molar-refractivity contribution >= 4 is 16.9 Å². The van der Waals surface area contributed by atoms with Crippen LogP contribution in [-0.4, -0.2) is 27.6 Å². The third kappa shape index (κ3) is 3.26. The van der Waals surface area contributed by atoms with E-state index in [9.17, 15) is 4.79 Å². The van der Waals surface area contributed by atoms with Crippen molar-refractivity contribution in [1.29, 1.82) is 0 Å². The molecule has 0 saturated carbocycles. The number of carbonyl (C=O) groups is 1. The standard InChI is InChI=1S/C26H19N3O2/c1-31-25(30)20-13-14-21-22(17-20)29(26-27-15-8-16-28-26)24(19-11-6-3-7-12-19)23(21)18-9-4-2-5-10-18/h2-17H,1H3. The summed E-state index contributed by atoms with van der Waals surface area (Å²) in [7, 11) is 1.39. The van der Waals surface area contributed by atoms with Crippen molar-refractivity contribution in [3.63, 3.8) is 0 Å². The molecular weight excluding hydrogens is 386 g/mol. The molecule has 0 saturated heterocycles. The average molecular weight is 405 g/mol. The molecule has 5 nitrogen and oxygen atoms in total. The number of fused-ring (bicyclic) bond motifs is 1. The van der Waals surface area contributed by atoms with Crippen LogP contribution in [0.2, 0.25) is 0 Å². The van der Waals surface area contributed by atoms with Gasteiger partial charge >= 0.3 is 5.97 Å². The predicted octanol–water partition coefficient (Wildman–Crippen LogP) is 5.54. The van der Waals surface area contributed by atoms with Crippen molar-refractivity contribution in [2.24, 2.45) is 0 Å². The fraction of sp³-hybridized carbons (Fsp3) is 0.0385. The van der Waals surface area contributed by atoms with E-state index in [0.717, 1.165) is 33.3 Å². The topological polar surface area (TPSA) is 57.0 Å². The lowest BCUT2D eigenvalue weighted by atomic mass is 9.98. The van der Waals surface area contributed by atoms with Crippen LogP contribution in [0.5, 0.6) is 0 Å². The highest BCUT2D eigenvalue weighted by atomic mass is 16.5. The Morgan fingerprint density at radius 2 is 1.45 bits per heavy atom. The van der Waals surface area contributed by atoms with Gasteiger partial charge in [0.2, 0.25) is 5.95 Å². The SMILES string of the molecule is COC(=O)c1ccc2c(-c3ccccc3)c(-c3ccccc3)n(-c3ncccn3)c2c1. The molecule has 0 atom stereocenters. The number of hydrogen-bond acceptors (Lipinski definition) is 4. The summed E-state index contributed by atoms with van der Waals surface area (Å²) < 4.78 is 6.97. The first-order chi connectivity index (χ1) is 15.3. The van der Waals surface area contributed by atoms with Crippen LogP contribution in [0.1, 0.15) is 10.4 Å². The van der Waals surface area contributed by atoms with Crippen LogP contribution in [0.3, 0.4) is 0 Å². The van der Waals surface area contributed by atoms with Crippen molar-refractivity contribution < 1.29 is 9.53 Å². The van der Waals surface area contributed by atoms with Gasteiger partial charge in [0.15, 0.2) is 0 Å². The second kappa shape index (κ2) is 7.88. The fourth-order valence-corrected chi connectivity index (χ4v) is 3.91. The fourth-order valence-electron chi connectivity index (χ4n) is 3.91. The molecule has 0 radical (unpaired) electrons. The molecule has 0 aliphatic heterocycles. The molecule has 5 heteroatoms. The first kappa shape index (κ1) is 18.8. The third-order valence-corrected chi connectivity index (χ3v) is 5.25. The highest BCUT2D eigenvalue weighted by Crippen LogP contribution is 2.42. The molecule has 0 aliphatic rings. The van der Waals surface area contributed by atoms with Crippen molar-refractivity contribution in [3.05, 3.63) is 103 Å². The minimum atomic E-state index is -0.383. The molecule has 150 valence electrons. The monoisotopic (exact) mass is 405 g/mol. The van der Waals surface area contributed by atoms with Gasteiger partial charge in [-0.3, -0.25) is 4.57 Å². The summed E-state index contributed by atoms with van der Waals surface area (Å²) in [5, 5.41) is 1.00. The summed E-state index contributed by atoms with van der Waals surface area (Å²) in [6.45, 7) is 0. The maximum absolute atomic E-state index is 12.3. The summed E-state index contributed by atoms with van der Waals surface area (Å²) in [5.74, 6) is 0.154. The highest BCUT2D eigenvalue weighted by Gasteiger charge is 2.23. The number of carbonyl (C=O) groups excluding carboxylic acids is 1. The van der Waals surface area contributed by atoms with Gasteiger partial charge < -0.3 is 4.74 Å². The second-order valence-electron chi connectivity index (χ2n) is 7.06. The Labute approximate surface area is 179 Å². The number of ether oxygens (including phenoxy) is 1. The molecule has 5 aromatic rings. The molecule has 2 heterocycles. The molecule has 5 rings (SSSR count). The highest BCUT2D eigenvalue weighted by molar-refractivity contribution is 6.07. The maximum atomic E-state index is 12.3. The Bertz CT molecular complexity index is 1360. The lowest BCUT2D eigenvalue weighted by Crippen LogP contribution is -2.04. The van der Waals surface area contributed by atoms with Gasteiger partial charge in [-0.15, -0.1) is 0 Å². The summed E-state index contributed by atoms with van der Waals surface area (Å²) in [6.07, 6.45) is 3.44. The van der Waals surface area contributed by atoms with Crippen LogP contribution in [0.15, 0.2) is 97.3 Å². The van der Waals surface area contributed by atoms with E-state index in [-0.39, 0.29) is 5.97 Å². The summed E-state index contributed by atoms with van der Waals surface area (Å²) >= 11 is 0. The van der Waals surface area contributed by atoms with Gasteiger partial charge in [-0.1, -0.05) is 66.7 Å². The number of rotatable bonds is 4. The molecule has 0 fully saturated rings. The van der Waals surface area contributed by atoms with E-state index in [0.29, 0.717) is 11.5 Å². The van der Waals surface area contributed by atoms with Gasteiger partial charge in [0.05, 0.1) is 23.9 Å². The molecule has 0 aliphatic carbocycles. The van der Waals surface area contributed by atoms with E-state index in [2.05, 4.69) is 34.2 Å². The molecule has 31 heavy (non-hydrogen) atoms. The van der Waals surface area contributed by atoms with Crippen molar-refractivity contribution in [2.45, 2.75) is 0 Å². The first-order valence-corrected chi connectivity index (χ1v) is 9.93. The van der Waals surface area contributed by atoms with Crippen LogP contribution < -0.4 is 0 Å².